The van der Waals surface area contributed by atoms with Gasteiger partial charge in [0.15, 0.2) is 0 Å². The van der Waals surface area contributed by atoms with Crippen molar-refractivity contribution in [2.75, 3.05) is 6.61 Å². The Bertz CT molecular complexity index is 371. The second-order valence-corrected chi connectivity index (χ2v) is 2.98. The van der Waals surface area contributed by atoms with Crippen LogP contribution in [0.2, 0.25) is 5.02 Å². The van der Waals surface area contributed by atoms with Gasteiger partial charge < -0.3 is 4.74 Å². The molecule has 6 heteroatoms. The zero-order chi connectivity index (χ0) is 11.4. The van der Waals surface area contributed by atoms with Gasteiger partial charge in [-0.3, -0.25) is 4.98 Å². The van der Waals surface area contributed by atoms with Gasteiger partial charge in [0.05, 0.1) is 11.6 Å². The fraction of sp³-hybridized carbons (Fsp3) is 0.333. The van der Waals surface area contributed by atoms with E-state index >= 15 is 0 Å². The predicted molar refractivity (Wildman–Crippen MR) is 50.2 cm³/mol. The van der Waals surface area contributed by atoms with Gasteiger partial charge in [-0.25, -0.2) is 13.6 Å². The number of nitrogens with zero attached hydrogens (tertiary/aromatic N) is 1. The summed E-state index contributed by atoms with van der Waals surface area (Å²) in [7, 11) is 0. The molecule has 0 fully saturated rings. The number of ether oxygens (including phenoxy) is 1. The van der Waals surface area contributed by atoms with E-state index in [0.29, 0.717) is 0 Å². The number of halogens is 3. The van der Waals surface area contributed by atoms with Crippen LogP contribution < -0.4 is 0 Å². The molecule has 0 unspecified atom stereocenters. The Hall–Kier alpha value is -1.23. The number of aromatic nitrogens is 1. The molecule has 15 heavy (non-hydrogen) atoms. The third kappa shape index (κ3) is 2.62. The van der Waals surface area contributed by atoms with Gasteiger partial charge in [0, 0.05) is 6.20 Å². The van der Waals surface area contributed by atoms with Crippen LogP contribution in [0.3, 0.4) is 0 Å². The van der Waals surface area contributed by atoms with Crippen LogP contribution in [0, 0.1) is 0 Å². The minimum Gasteiger partial charge on any atom is -0.462 e. The first kappa shape index (κ1) is 11.8. The summed E-state index contributed by atoms with van der Waals surface area (Å²) in [6.45, 7) is 1.66. The average Bonchev–Trinajstić information content (AvgIpc) is 2.17. The van der Waals surface area contributed by atoms with Crippen LogP contribution in [0.4, 0.5) is 8.78 Å². The Balaban J connectivity index is 3.18. The maximum Gasteiger partial charge on any atom is 0.341 e. The van der Waals surface area contributed by atoms with Gasteiger partial charge in [0.2, 0.25) is 0 Å². The molecule has 0 amide bonds. The van der Waals surface area contributed by atoms with Crippen molar-refractivity contribution >= 4 is 17.6 Å². The fourth-order valence-electron chi connectivity index (χ4n) is 1.02. The topological polar surface area (TPSA) is 39.2 Å². The van der Waals surface area contributed by atoms with Crippen molar-refractivity contribution in [2.45, 2.75) is 13.3 Å². The van der Waals surface area contributed by atoms with Crippen LogP contribution in [-0.4, -0.2) is 17.6 Å². The largest absolute Gasteiger partial charge is 0.462 e. The lowest BCUT2D eigenvalue weighted by atomic mass is 10.2. The Kier molecular flexibility index (Phi) is 3.96. The van der Waals surface area contributed by atoms with Gasteiger partial charge in [-0.1, -0.05) is 11.6 Å². The van der Waals surface area contributed by atoms with E-state index in [0.717, 1.165) is 6.20 Å². The minimum atomic E-state index is -2.86. The van der Waals surface area contributed by atoms with Gasteiger partial charge in [-0.05, 0) is 13.0 Å². The van der Waals surface area contributed by atoms with Crippen molar-refractivity contribution in [1.82, 2.24) is 4.98 Å². The average molecular weight is 236 g/mol. The summed E-state index contributed by atoms with van der Waals surface area (Å²) in [5.74, 6) is -0.883. The van der Waals surface area contributed by atoms with E-state index in [1.807, 2.05) is 0 Å². The minimum absolute atomic E-state index is 0.0845. The number of hydrogen-bond donors (Lipinski definition) is 0. The van der Waals surface area contributed by atoms with Gasteiger partial charge >= 0.3 is 5.97 Å². The van der Waals surface area contributed by atoms with E-state index in [9.17, 15) is 13.6 Å². The first-order valence-electron chi connectivity index (χ1n) is 4.17. The molecular weight excluding hydrogens is 228 g/mol. The molecule has 0 aliphatic carbocycles. The highest BCUT2D eigenvalue weighted by molar-refractivity contribution is 6.33. The lowest BCUT2D eigenvalue weighted by Crippen LogP contribution is -2.10. The SMILES string of the molecule is CCOC(=O)c1c(Cl)ccnc1C(F)F. The van der Waals surface area contributed by atoms with E-state index in [1.54, 1.807) is 6.92 Å². The molecule has 3 nitrogen and oxygen atoms in total. The highest BCUT2D eigenvalue weighted by Gasteiger charge is 2.23. The van der Waals surface area contributed by atoms with Crippen molar-refractivity contribution in [1.29, 1.82) is 0 Å². The van der Waals surface area contributed by atoms with E-state index in [2.05, 4.69) is 9.72 Å². The quantitative estimate of drug-likeness (QED) is 0.757. The van der Waals surface area contributed by atoms with Crippen LogP contribution >= 0.6 is 11.6 Å². The summed E-state index contributed by atoms with van der Waals surface area (Å²) in [6, 6.07) is 1.26. The Labute approximate surface area is 90.0 Å². The molecule has 0 bridgehead atoms. The molecule has 0 saturated carbocycles. The lowest BCUT2D eigenvalue weighted by Gasteiger charge is -2.08. The number of esters is 1. The summed E-state index contributed by atoms with van der Waals surface area (Å²) in [4.78, 5) is 14.7. The number of hydrogen-bond acceptors (Lipinski definition) is 3. The molecule has 0 aliphatic rings. The maximum absolute atomic E-state index is 12.5. The lowest BCUT2D eigenvalue weighted by molar-refractivity contribution is 0.0513. The number of rotatable bonds is 3. The number of pyridine rings is 1. The molecule has 1 heterocycles. The molecule has 0 aromatic carbocycles. The Morgan fingerprint density at radius 3 is 2.87 bits per heavy atom. The molecule has 1 rings (SSSR count). The summed E-state index contributed by atoms with van der Waals surface area (Å²) < 4.78 is 29.6. The number of carbonyl (C=O) groups is 1. The predicted octanol–water partition coefficient (Wildman–Crippen LogP) is 2.85. The molecule has 0 spiro atoms. The molecule has 0 radical (unpaired) electrons. The molecule has 1 aromatic heterocycles. The summed E-state index contributed by atoms with van der Waals surface area (Å²) in [5, 5.41) is -0.0845. The van der Waals surface area contributed by atoms with E-state index in [1.165, 1.54) is 6.07 Å². The third-order valence-electron chi connectivity index (χ3n) is 1.62. The van der Waals surface area contributed by atoms with Gasteiger partial charge in [-0.2, -0.15) is 0 Å². The van der Waals surface area contributed by atoms with Crippen molar-refractivity contribution in [2.24, 2.45) is 0 Å². The first-order chi connectivity index (χ1) is 7.07. The van der Waals surface area contributed by atoms with Crippen molar-refractivity contribution in [3.63, 3.8) is 0 Å². The third-order valence-corrected chi connectivity index (χ3v) is 1.93. The summed E-state index contributed by atoms with van der Waals surface area (Å²) in [6.07, 6.45) is -1.74. The highest BCUT2D eigenvalue weighted by Crippen LogP contribution is 2.26. The van der Waals surface area contributed by atoms with Gasteiger partial charge in [-0.15, -0.1) is 0 Å². The van der Waals surface area contributed by atoms with Crippen molar-refractivity contribution in [3.05, 3.63) is 28.5 Å². The first-order valence-corrected chi connectivity index (χ1v) is 4.55. The summed E-state index contributed by atoms with van der Waals surface area (Å²) >= 11 is 5.63. The zero-order valence-corrected chi connectivity index (χ0v) is 8.59. The van der Waals surface area contributed by atoms with E-state index in [-0.39, 0.29) is 17.2 Å². The monoisotopic (exact) mass is 235 g/mol. The Morgan fingerprint density at radius 1 is 1.67 bits per heavy atom. The van der Waals surface area contributed by atoms with Crippen LogP contribution in [0.25, 0.3) is 0 Å². The zero-order valence-electron chi connectivity index (χ0n) is 7.84. The number of carbonyl (C=O) groups excluding carboxylic acids is 1. The highest BCUT2D eigenvalue weighted by atomic mass is 35.5. The normalized spacial score (nSPS) is 10.5. The maximum atomic E-state index is 12.5. The fourth-order valence-corrected chi connectivity index (χ4v) is 1.25. The van der Waals surface area contributed by atoms with Crippen molar-refractivity contribution < 1.29 is 18.3 Å². The molecule has 1 aromatic rings. The smallest absolute Gasteiger partial charge is 0.341 e. The van der Waals surface area contributed by atoms with E-state index < -0.39 is 18.1 Å². The molecule has 0 aliphatic heterocycles. The number of alkyl halides is 2. The van der Waals surface area contributed by atoms with E-state index in [4.69, 9.17) is 11.6 Å². The molecule has 0 saturated heterocycles. The Morgan fingerprint density at radius 2 is 2.33 bits per heavy atom. The van der Waals surface area contributed by atoms with Crippen LogP contribution in [0.5, 0.6) is 0 Å². The van der Waals surface area contributed by atoms with Gasteiger partial charge in [0.25, 0.3) is 6.43 Å². The second-order valence-electron chi connectivity index (χ2n) is 2.57. The van der Waals surface area contributed by atoms with Gasteiger partial charge in [0.1, 0.15) is 11.3 Å². The van der Waals surface area contributed by atoms with Crippen LogP contribution in [0.1, 0.15) is 29.4 Å². The summed E-state index contributed by atoms with van der Waals surface area (Å²) in [5.41, 5.74) is -1.02. The second kappa shape index (κ2) is 5.02. The van der Waals surface area contributed by atoms with Crippen molar-refractivity contribution in [3.8, 4) is 0 Å². The molecular formula is C9H8ClF2NO2. The molecule has 0 atom stereocenters. The van der Waals surface area contributed by atoms with Crippen LogP contribution in [0.15, 0.2) is 12.3 Å². The standard InChI is InChI=1S/C9H8ClF2NO2/c1-2-15-9(14)6-5(10)3-4-13-7(6)8(11)12/h3-4,8H,2H2,1H3. The molecule has 82 valence electrons. The molecule has 0 N–H and O–H groups in total. The van der Waals surface area contributed by atoms with Crippen LogP contribution in [-0.2, 0) is 4.74 Å².